The molecule has 0 saturated heterocycles. The van der Waals surface area contributed by atoms with Crippen molar-refractivity contribution in [2.24, 2.45) is 5.14 Å². The quantitative estimate of drug-likeness (QED) is 0.770. The van der Waals surface area contributed by atoms with Gasteiger partial charge in [-0.05, 0) is 25.5 Å². The van der Waals surface area contributed by atoms with Gasteiger partial charge >= 0.3 is 0 Å². The molecule has 2 unspecified atom stereocenters. The van der Waals surface area contributed by atoms with E-state index in [4.69, 9.17) is 5.14 Å². The number of nitrogens with zero attached hydrogens (tertiary/aromatic N) is 1. The highest BCUT2D eigenvalue weighted by Gasteiger charge is 2.26. The van der Waals surface area contributed by atoms with E-state index in [0.29, 0.717) is 5.69 Å². The van der Waals surface area contributed by atoms with Gasteiger partial charge in [0.25, 0.3) is 0 Å². The Labute approximate surface area is 89.0 Å². The molecule has 0 fully saturated rings. The van der Waals surface area contributed by atoms with Gasteiger partial charge in [0.1, 0.15) is 11.4 Å². The molecule has 0 aliphatic carbocycles. The van der Waals surface area contributed by atoms with Crippen LogP contribution in [0, 0.1) is 6.92 Å². The topological polar surface area (TPSA) is 93.3 Å². The van der Waals surface area contributed by atoms with Crippen molar-refractivity contribution >= 4 is 10.0 Å². The van der Waals surface area contributed by atoms with Crippen molar-refractivity contribution in [2.75, 3.05) is 0 Å². The number of aromatic nitrogens is 1. The Morgan fingerprint density at radius 1 is 1.47 bits per heavy atom. The fraction of sp³-hybridized carbons (Fsp3) is 0.444. The normalized spacial score (nSPS) is 16.0. The molecule has 0 amide bonds. The first-order valence-corrected chi connectivity index (χ1v) is 6.05. The highest BCUT2D eigenvalue weighted by Crippen LogP contribution is 2.18. The number of sulfonamides is 1. The van der Waals surface area contributed by atoms with E-state index in [-0.39, 0.29) is 0 Å². The maximum absolute atomic E-state index is 11.0. The Hall–Kier alpha value is -0.980. The molecule has 1 heterocycles. The van der Waals surface area contributed by atoms with Gasteiger partial charge in [0.05, 0.1) is 5.69 Å². The summed E-state index contributed by atoms with van der Waals surface area (Å²) in [7, 11) is -3.75. The average Bonchev–Trinajstić information content (AvgIpc) is 2.15. The number of aliphatic hydroxyl groups excluding tert-OH is 1. The minimum absolute atomic E-state index is 0.308. The van der Waals surface area contributed by atoms with E-state index in [1.807, 2.05) is 6.92 Å². The van der Waals surface area contributed by atoms with Gasteiger partial charge in [-0.1, -0.05) is 6.07 Å². The molecule has 0 bridgehead atoms. The number of nitrogens with two attached hydrogens (primary N) is 1. The Morgan fingerprint density at radius 3 is 2.47 bits per heavy atom. The largest absolute Gasteiger partial charge is 0.385 e. The van der Waals surface area contributed by atoms with Crippen LogP contribution < -0.4 is 5.14 Å². The summed E-state index contributed by atoms with van der Waals surface area (Å²) in [5.74, 6) is 0. The third kappa shape index (κ3) is 2.98. The maximum Gasteiger partial charge on any atom is 0.214 e. The van der Waals surface area contributed by atoms with Crippen molar-refractivity contribution in [1.29, 1.82) is 0 Å². The van der Waals surface area contributed by atoms with Crippen LogP contribution in [-0.2, 0) is 10.0 Å². The fourth-order valence-electron chi connectivity index (χ4n) is 1.07. The molecule has 0 aromatic carbocycles. The number of aliphatic hydroxyl groups is 1. The first-order valence-electron chi connectivity index (χ1n) is 4.44. The summed E-state index contributed by atoms with van der Waals surface area (Å²) in [6.07, 6.45) is 0.370. The number of rotatable bonds is 3. The first kappa shape index (κ1) is 12.1. The molecule has 0 aliphatic rings. The average molecular weight is 230 g/mol. The van der Waals surface area contributed by atoms with Crippen molar-refractivity contribution in [2.45, 2.75) is 25.2 Å². The first-order chi connectivity index (χ1) is 6.82. The van der Waals surface area contributed by atoms with Crippen LogP contribution in [0.3, 0.4) is 0 Å². The van der Waals surface area contributed by atoms with Crippen LogP contribution in [0.1, 0.15) is 24.3 Å². The highest BCUT2D eigenvalue weighted by molar-refractivity contribution is 7.89. The second-order valence-corrected chi connectivity index (χ2v) is 5.42. The van der Waals surface area contributed by atoms with Crippen LogP contribution in [0.4, 0.5) is 0 Å². The van der Waals surface area contributed by atoms with Crippen molar-refractivity contribution < 1.29 is 13.5 Å². The number of hydrogen-bond donors (Lipinski definition) is 2. The van der Waals surface area contributed by atoms with Crippen molar-refractivity contribution in [3.63, 3.8) is 0 Å². The molecule has 2 atom stereocenters. The minimum Gasteiger partial charge on any atom is -0.385 e. The summed E-state index contributed by atoms with van der Waals surface area (Å²) >= 11 is 0. The van der Waals surface area contributed by atoms with Crippen LogP contribution in [-0.4, -0.2) is 23.8 Å². The second-order valence-electron chi connectivity index (χ2n) is 3.50. The van der Waals surface area contributed by atoms with E-state index in [1.54, 1.807) is 18.3 Å². The molecule has 1 rings (SSSR count). The molecule has 5 nitrogen and oxygen atoms in total. The standard InChI is InChI=1S/C9H14N2O3S/c1-6-3-4-8(11-5-6)9(12)7(2)15(10,13)14/h3-5,7,9,12H,1-2H3,(H2,10,13,14). The molecule has 0 aliphatic heterocycles. The van der Waals surface area contributed by atoms with E-state index in [2.05, 4.69) is 4.98 Å². The van der Waals surface area contributed by atoms with Gasteiger partial charge in [-0.15, -0.1) is 0 Å². The molecule has 15 heavy (non-hydrogen) atoms. The van der Waals surface area contributed by atoms with Gasteiger partial charge in [-0.2, -0.15) is 0 Å². The predicted molar refractivity (Wildman–Crippen MR) is 56.5 cm³/mol. The molecule has 0 saturated carbocycles. The Morgan fingerprint density at radius 2 is 2.07 bits per heavy atom. The zero-order valence-electron chi connectivity index (χ0n) is 8.58. The highest BCUT2D eigenvalue weighted by atomic mass is 32.2. The van der Waals surface area contributed by atoms with Crippen LogP contribution in [0.2, 0.25) is 0 Å². The monoisotopic (exact) mass is 230 g/mol. The third-order valence-electron chi connectivity index (χ3n) is 2.20. The number of pyridine rings is 1. The molecule has 3 N–H and O–H groups in total. The summed E-state index contributed by atoms with van der Waals surface area (Å²) in [5.41, 5.74) is 1.25. The molecule has 0 radical (unpaired) electrons. The lowest BCUT2D eigenvalue weighted by Crippen LogP contribution is -2.31. The summed E-state index contributed by atoms with van der Waals surface area (Å²) in [6, 6.07) is 3.34. The van der Waals surface area contributed by atoms with Crippen molar-refractivity contribution in [1.82, 2.24) is 4.98 Å². The lowest BCUT2D eigenvalue weighted by molar-refractivity contribution is 0.171. The molecule has 1 aromatic heterocycles. The fourth-order valence-corrected chi connectivity index (χ4v) is 1.57. The van der Waals surface area contributed by atoms with Gasteiger partial charge in [-0.25, -0.2) is 13.6 Å². The lowest BCUT2D eigenvalue weighted by Gasteiger charge is -2.16. The smallest absolute Gasteiger partial charge is 0.214 e. The zero-order valence-corrected chi connectivity index (χ0v) is 9.40. The van der Waals surface area contributed by atoms with Gasteiger partial charge in [0, 0.05) is 6.20 Å². The van der Waals surface area contributed by atoms with Crippen LogP contribution in [0.25, 0.3) is 0 Å². The van der Waals surface area contributed by atoms with E-state index in [0.717, 1.165) is 5.56 Å². The van der Waals surface area contributed by atoms with E-state index < -0.39 is 21.4 Å². The van der Waals surface area contributed by atoms with Crippen LogP contribution >= 0.6 is 0 Å². The molecule has 84 valence electrons. The Bertz CT molecular complexity index is 427. The van der Waals surface area contributed by atoms with Crippen molar-refractivity contribution in [3.05, 3.63) is 29.6 Å². The minimum atomic E-state index is -3.75. The third-order valence-corrected chi connectivity index (χ3v) is 3.49. The SMILES string of the molecule is Cc1ccc(C(O)C(C)S(N)(=O)=O)nc1. The molecular weight excluding hydrogens is 216 g/mol. The summed E-state index contributed by atoms with van der Waals surface area (Å²) in [4.78, 5) is 3.94. The second kappa shape index (κ2) is 4.26. The molecule has 0 spiro atoms. The molecule has 1 aromatic rings. The molecular formula is C9H14N2O3S. The van der Waals surface area contributed by atoms with Crippen LogP contribution in [0.5, 0.6) is 0 Å². The van der Waals surface area contributed by atoms with E-state index in [9.17, 15) is 13.5 Å². The summed E-state index contributed by atoms with van der Waals surface area (Å²) in [6.45, 7) is 3.20. The zero-order chi connectivity index (χ0) is 11.6. The van der Waals surface area contributed by atoms with E-state index >= 15 is 0 Å². The van der Waals surface area contributed by atoms with Crippen molar-refractivity contribution in [3.8, 4) is 0 Å². The molecule has 6 heteroatoms. The van der Waals surface area contributed by atoms with Gasteiger partial charge in [0.15, 0.2) is 0 Å². The van der Waals surface area contributed by atoms with E-state index in [1.165, 1.54) is 6.92 Å². The van der Waals surface area contributed by atoms with Gasteiger partial charge < -0.3 is 5.11 Å². The summed E-state index contributed by atoms with van der Waals surface area (Å²) in [5, 5.41) is 13.6. The van der Waals surface area contributed by atoms with Crippen LogP contribution in [0.15, 0.2) is 18.3 Å². The number of aryl methyl sites for hydroxylation is 1. The summed E-state index contributed by atoms with van der Waals surface area (Å²) < 4.78 is 22.0. The lowest BCUT2D eigenvalue weighted by atomic mass is 10.1. The van der Waals surface area contributed by atoms with Gasteiger partial charge in [-0.3, -0.25) is 4.98 Å². The Balaban J connectivity index is 2.95. The number of primary sulfonamides is 1. The number of hydrogen-bond acceptors (Lipinski definition) is 4. The maximum atomic E-state index is 11.0. The predicted octanol–water partition coefficient (Wildman–Crippen LogP) is 0.100. The Kier molecular flexibility index (Phi) is 3.43. The van der Waals surface area contributed by atoms with Gasteiger partial charge in [0.2, 0.25) is 10.0 Å².